The van der Waals surface area contributed by atoms with Crippen LogP contribution in [0.15, 0.2) is 30.3 Å². The molecule has 0 bridgehead atoms. The summed E-state index contributed by atoms with van der Waals surface area (Å²) in [5, 5.41) is 2.92. The molecule has 1 N–H and O–H groups in total. The van der Waals surface area contributed by atoms with E-state index in [-0.39, 0.29) is 36.0 Å². The van der Waals surface area contributed by atoms with Crippen LogP contribution in [0.25, 0.3) is 0 Å². The summed E-state index contributed by atoms with van der Waals surface area (Å²) < 4.78 is 0. The van der Waals surface area contributed by atoms with Gasteiger partial charge in [0.05, 0.1) is 0 Å². The van der Waals surface area contributed by atoms with Crippen LogP contribution in [0.3, 0.4) is 0 Å². The number of carbonyl (C=O) groups excluding carboxylic acids is 2. The maximum Gasteiger partial charge on any atom is 0.224 e. The molecule has 2 atom stereocenters. The molecule has 0 saturated carbocycles. The fourth-order valence-corrected chi connectivity index (χ4v) is 2.31. The molecule has 0 saturated heterocycles. The predicted molar refractivity (Wildman–Crippen MR) is 89.6 cm³/mol. The van der Waals surface area contributed by atoms with Crippen molar-refractivity contribution >= 4 is 24.3 Å². The van der Waals surface area contributed by atoms with Crippen LogP contribution in [0.2, 0.25) is 0 Å². The minimum absolute atomic E-state index is 0.0476. The van der Waals surface area contributed by atoms with E-state index in [1.165, 1.54) is 0 Å². The number of carbonyl (C=O) groups is 2. The number of amides is 1. The van der Waals surface area contributed by atoms with Gasteiger partial charge in [-0.3, -0.25) is 9.59 Å². The first-order valence-electron chi connectivity index (χ1n) is 7.42. The van der Waals surface area contributed by atoms with Crippen molar-refractivity contribution < 1.29 is 9.59 Å². The Morgan fingerprint density at radius 3 is 2.29 bits per heavy atom. The molecule has 0 heterocycles. The number of rotatable bonds is 8. The molecule has 0 spiro atoms. The lowest BCUT2D eigenvalue weighted by Crippen LogP contribution is -2.38. The largest absolute Gasteiger partial charge is 0.354 e. The molecule has 1 amide bonds. The van der Waals surface area contributed by atoms with Gasteiger partial charge in [-0.2, -0.15) is 12.6 Å². The summed E-state index contributed by atoms with van der Waals surface area (Å²) in [4.78, 5) is 24.5. The number of hydrogen-bond donors (Lipinski definition) is 2. The summed E-state index contributed by atoms with van der Waals surface area (Å²) >= 11 is 4.16. The minimum Gasteiger partial charge on any atom is -0.354 e. The average Bonchev–Trinajstić information content (AvgIpc) is 2.45. The number of Topliss-reactive ketones (excluding diaryl/α,β-unsaturated/α-hetero) is 1. The molecule has 0 aliphatic carbocycles. The Bertz CT molecular complexity index is 459. The van der Waals surface area contributed by atoms with Gasteiger partial charge < -0.3 is 5.32 Å². The molecule has 1 aromatic carbocycles. The second-order valence-corrected chi connectivity index (χ2v) is 6.17. The molecule has 0 radical (unpaired) electrons. The van der Waals surface area contributed by atoms with Crippen molar-refractivity contribution in [3.8, 4) is 0 Å². The van der Waals surface area contributed by atoms with Crippen LogP contribution in [0.1, 0.15) is 32.8 Å². The van der Waals surface area contributed by atoms with Gasteiger partial charge in [0.25, 0.3) is 0 Å². The fraction of sp³-hybridized carbons (Fsp3) is 0.529. The second kappa shape index (κ2) is 8.88. The molecule has 0 aliphatic rings. The van der Waals surface area contributed by atoms with E-state index in [2.05, 4.69) is 17.9 Å². The molecule has 0 aromatic heterocycles. The highest BCUT2D eigenvalue weighted by atomic mass is 32.1. The molecule has 1 rings (SSSR count). The number of hydrogen-bond acceptors (Lipinski definition) is 3. The van der Waals surface area contributed by atoms with Gasteiger partial charge in [0.15, 0.2) is 0 Å². The Hall–Kier alpha value is -1.29. The monoisotopic (exact) mass is 307 g/mol. The van der Waals surface area contributed by atoms with E-state index in [0.29, 0.717) is 12.2 Å². The molecule has 116 valence electrons. The summed E-state index contributed by atoms with van der Waals surface area (Å²) in [7, 11) is 0. The Labute approximate surface area is 132 Å². The zero-order valence-electron chi connectivity index (χ0n) is 13.0. The van der Waals surface area contributed by atoms with Crippen LogP contribution >= 0.6 is 12.6 Å². The molecule has 4 heteroatoms. The standard InChI is InChI=1S/C17H25NO2S/c1-12(2)18-17(20)15(10-16(19)13(3)11-21)9-14-7-5-4-6-8-14/h4-8,12-13,15,21H,9-11H2,1-3H3,(H,18,20)/t13-,15+/m0/s1. The van der Waals surface area contributed by atoms with Gasteiger partial charge in [-0.05, 0) is 31.6 Å². The van der Waals surface area contributed by atoms with Crippen LogP contribution in [-0.2, 0) is 16.0 Å². The van der Waals surface area contributed by atoms with Crippen molar-refractivity contribution in [1.29, 1.82) is 0 Å². The van der Waals surface area contributed by atoms with Gasteiger partial charge in [-0.15, -0.1) is 0 Å². The van der Waals surface area contributed by atoms with E-state index >= 15 is 0 Å². The molecule has 21 heavy (non-hydrogen) atoms. The van der Waals surface area contributed by atoms with Crippen molar-refractivity contribution in [2.75, 3.05) is 5.75 Å². The van der Waals surface area contributed by atoms with Gasteiger partial charge in [-0.25, -0.2) is 0 Å². The Kier molecular flexibility index (Phi) is 7.51. The zero-order valence-corrected chi connectivity index (χ0v) is 13.9. The molecule has 0 unspecified atom stereocenters. The number of nitrogens with one attached hydrogen (secondary N) is 1. The highest BCUT2D eigenvalue weighted by Crippen LogP contribution is 2.16. The lowest BCUT2D eigenvalue weighted by molar-refractivity contribution is -0.130. The summed E-state index contributed by atoms with van der Waals surface area (Å²) in [6, 6.07) is 9.90. The molecular weight excluding hydrogens is 282 g/mol. The molecule has 3 nitrogen and oxygen atoms in total. The highest BCUT2D eigenvalue weighted by molar-refractivity contribution is 7.80. The number of benzene rings is 1. The topological polar surface area (TPSA) is 46.2 Å². The van der Waals surface area contributed by atoms with E-state index in [4.69, 9.17) is 0 Å². The van der Waals surface area contributed by atoms with E-state index < -0.39 is 0 Å². The summed E-state index contributed by atoms with van der Waals surface area (Å²) in [6.07, 6.45) is 0.861. The summed E-state index contributed by atoms with van der Waals surface area (Å²) in [5.74, 6) is 0.143. The van der Waals surface area contributed by atoms with Crippen LogP contribution in [0, 0.1) is 11.8 Å². The third-order valence-electron chi connectivity index (χ3n) is 3.40. The van der Waals surface area contributed by atoms with E-state index in [0.717, 1.165) is 5.56 Å². The second-order valence-electron chi connectivity index (χ2n) is 5.80. The highest BCUT2D eigenvalue weighted by Gasteiger charge is 2.24. The van der Waals surface area contributed by atoms with Gasteiger partial charge in [0.1, 0.15) is 5.78 Å². The third-order valence-corrected chi connectivity index (χ3v) is 3.95. The Morgan fingerprint density at radius 1 is 1.14 bits per heavy atom. The molecule has 1 aromatic rings. The van der Waals surface area contributed by atoms with Crippen LogP contribution in [-0.4, -0.2) is 23.5 Å². The number of thiol groups is 1. The van der Waals surface area contributed by atoms with Crippen molar-refractivity contribution in [2.24, 2.45) is 11.8 Å². The van der Waals surface area contributed by atoms with Gasteiger partial charge >= 0.3 is 0 Å². The first kappa shape index (κ1) is 17.8. The lowest BCUT2D eigenvalue weighted by Gasteiger charge is -2.19. The first-order chi connectivity index (χ1) is 9.93. The Balaban J connectivity index is 2.79. The first-order valence-corrected chi connectivity index (χ1v) is 8.05. The third kappa shape index (κ3) is 6.34. The lowest BCUT2D eigenvalue weighted by atomic mass is 9.90. The summed E-state index contributed by atoms with van der Waals surface area (Å²) in [5.41, 5.74) is 1.08. The van der Waals surface area contributed by atoms with Gasteiger partial charge in [0, 0.05) is 24.3 Å². The number of ketones is 1. The Morgan fingerprint density at radius 2 is 1.76 bits per heavy atom. The van der Waals surface area contributed by atoms with Crippen molar-refractivity contribution in [3.05, 3.63) is 35.9 Å². The minimum atomic E-state index is -0.315. The van der Waals surface area contributed by atoms with Crippen molar-refractivity contribution in [2.45, 2.75) is 39.7 Å². The van der Waals surface area contributed by atoms with E-state index in [1.54, 1.807) is 0 Å². The van der Waals surface area contributed by atoms with Crippen LogP contribution in [0.4, 0.5) is 0 Å². The zero-order chi connectivity index (χ0) is 15.8. The van der Waals surface area contributed by atoms with E-state index in [1.807, 2.05) is 51.1 Å². The van der Waals surface area contributed by atoms with Crippen LogP contribution < -0.4 is 5.32 Å². The van der Waals surface area contributed by atoms with Crippen molar-refractivity contribution in [3.63, 3.8) is 0 Å². The van der Waals surface area contributed by atoms with Gasteiger partial charge in [0.2, 0.25) is 5.91 Å². The molecular formula is C17H25NO2S. The van der Waals surface area contributed by atoms with Crippen LogP contribution in [0.5, 0.6) is 0 Å². The van der Waals surface area contributed by atoms with Crippen molar-refractivity contribution in [1.82, 2.24) is 5.32 Å². The molecule has 0 aliphatic heterocycles. The predicted octanol–water partition coefficient (Wildman–Crippen LogP) is 2.90. The van der Waals surface area contributed by atoms with E-state index in [9.17, 15) is 9.59 Å². The SMILES string of the molecule is CC(C)NC(=O)[C@@H](CC(=O)[C@@H](C)CS)Cc1ccccc1. The average molecular weight is 307 g/mol. The normalized spacial score (nSPS) is 13.8. The van der Waals surface area contributed by atoms with Gasteiger partial charge in [-0.1, -0.05) is 37.3 Å². The summed E-state index contributed by atoms with van der Waals surface area (Å²) in [6.45, 7) is 5.71. The molecule has 0 fully saturated rings. The quantitative estimate of drug-likeness (QED) is 0.725. The maximum atomic E-state index is 12.3. The smallest absolute Gasteiger partial charge is 0.224 e. The fourth-order valence-electron chi connectivity index (χ4n) is 2.10. The maximum absolute atomic E-state index is 12.3.